The number of methoxy groups -OCH3 is 1. The van der Waals surface area contributed by atoms with Crippen LogP contribution in [-0.2, 0) is 11.2 Å². The highest BCUT2D eigenvalue weighted by Crippen LogP contribution is 2.22. The molecule has 4 rings (SSSR count). The smallest absolute Gasteiger partial charge is 0.223 e. The molecule has 0 aliphatic carbocycles. The summed E-state index contributed by atoms with van der Waals surface area (Å²) in [6, 6.07) is 19.7. The highest BCUT2D eigenvalue weighted by atomic mass is 16.5. The number of anilines is 1. The minimum atomic E-state index is 0.197. The van der Waals surface area contributed by atoms with E-state index in [1.165, 1.54) is 0 Å². The minimum Gasteiger partial charge on any atom is -0.497 e. The number of benzene rings is 2. The highest BCUT2D eigenvalue weighted by molar-refractivity contribution is 5.76. The molecule has 0 N–H and O–H groups in total. The number of nitrogens with zero attached hydrogens (tertiary/aromatic N) is 4. The number of aryl methyl sites for hydroxylation is 1. The van der Waals surface area contributed by atoms with E-state index in [9.17, 15) is 4.79 Å². The zero-order valence-electron chi connectivity index (χ0n) is 19.2. The second-order valence-electron chi connectivity index (χ2n) is 7.95. The molecule has 0 unspecified atom stereocenters. The van der Waals surface area contributed by atoms with Gasteiger partial charge in [0.25, 0.3) is 0 Å². The number of aromatic nitrogens is 2. The van der Waals surface area contributed by atoms with Crippen molar-refractivity contribution in [1.29, 1.82) is 0 Å². The number of carbonyl (C=O) groups is 1. The Morgan fingerprint density at radius 3 is 2.18 bits per heavy atom. The SMILES string of the molecule is CCOc1ccc(-c2ccc(N3CCN(C(=O)CCc4ccc(OC)cc4)CC3)nn2)cc1. The molecule has 0 atom stereocenters. The van der Waals surface area contributed by atoms with Gasteiger partial charge in [0, 0.05) is 38.2 Å². The van der Waals surface area contributed by atoms with Crippen molar-refractivity contribution in [3.63, 3.8) is 0 Å². The summed E-state index contributed by atoms with van der Waals surface area (Å²) >= 11 is 0. The molecule has 0 spiro atoms. The van der Waals surface area contributed by atoms with E-state index in [4.69, 9.17) is 9.47 Å². The first-order valence-electron chi connectivity index (χ1n) is 11.4. The molecule has 1 aromatic heterocycles. The van der Waals surface area contributed by atoms with Crippen LogP contribution in [-0.4, -0.2) is 60.9 Å². The van der Waals surface area contributed by atoms with Crippen LogP contribution >= 0.6 is 0 Å². The first-order valence-corrected chi connectivity index (χ1v) is 11.4. The van der Waals surface area contributed by atoms with Crippen LogP contribution < -0.4 is 14.4 Å². The van der Waals surface area contributed by atoms with E-state index in [1.54, 1.807) is 7.11 Å². The predicted octanol–water partition coefficient (Wildman–Crippen LogP) is 3.83. The maximum atomic E-state index is 12.7. The third-order valence-electron chi connectivity index (χ3n) is 5.85. The topological polar surface area (TPSA) is 67.8 Å². The van der Waals surface area contributed by atoms with Crippen molar-refractivity contribution in [3.8, 4) is 22.8 Å². The Kier molecular flexibility index (Phi) is 7.40. The summed E-state index contributed by atoms with van der Waals surface area (Å²) < 4.78 is 10.7. The van der Waals surface area contributed by atoms with Gasteiger partial charge in [-0.15, -0.1) is 10.2 Å². The zero-order chi connectivity index (χ0) is 23.0. The van der Waals surface area contributed by atoms with E-state index < -0.39 is 0 Å². The Hall–Kier alpha value is -3.61. The van der Waals surface area contributed by atoms with Gasteiger partial charge in [-0.05, 0) is 67.4 Å². The molecule has 1 amide bonds. The summed E-state index contributed by atoms with van der Waals surface area (Å²) in [5, 5.41) is 8.84. The van der Waals surface area contributed by atoms with Gasteiger partial charge >= 0.3 is 0 Å². The average Bonchev–Trinajstić information content (AvgIpc) is 2.88. The number of ether oxygens (including phenoxy) is 2. The van der Waals surface area contributed by atoms with Gasteiger partial charge in [-0.2, -0.15) is 0 Å². The van der Waals surface area contributed by atoms with Crippen molar-refractivity contribution < 1.29 is 14.3 Å². The average molecular weight is 447 g/mol. The summed E-state index contributed by atoms with van der Waals surface area (Å²) in [5.74, 6) is 2.72. The number of amides is 1. The van der Waals surface area contributed by atoms with Gasteiger partial charge in [-0.3, -0.25) is 4.79 Å². The van der Waals surface area contributed by atoms with Crippen LogP contribution in [0, 0.1) is 0 Å². The van der Waals surface area contributed by atoms with Gasteiger partial charge < -0.3 is 19.3 Å². The summed E-state index contributed by atoms with van der Waals surface area (Å²) in [4.78, 5) is 16.8. The lowest BCUT2D eigenvalue weighted by molar-refractivity contribution is -0.131. The molecule has 33 heavy (non-hydrogen) atoms. The van der Waals surface area contributed by atoms with Crippen LogP contribution in [0.3, 0.4) is 0 Å². The first kappa shape index (κ1) is 22.6. The minimum absolute atomic E-state index is 0.197. The molecule has 1 aliphatic heterocycles. The van der Waals surface area contributed by atoms with E-state index in [-0.39, 0.29) is 5.91 Å². The fourth-order valence-corrected chi connectivity index (χ4v) is 3.92. The van der Waals surface area contributed by atoms with Crippen LogP contribution in [0.15, 0.2) is 60.7 Å². The Morgan fingerprint density at radius 1 is 0.879 bits per heavy atom. The molecule has 0 radical (unpaired) electrons. The van der Waals surface area contributed by atoms with Gasteiger partial charge in [-0.1, -0.05) is 12.1 Å². The van der Waals surface area contributed by atoms with Gasteiger partial charge in [0.2, 0.25) is 5.91 Å². The van der Waals surface area contributed by atoms with Crippen molar-refractivity contribution in [2.75, 3.05) is 44.8 Å². The third-order valence-corrected chi connectivity index (χ3v) is 5.85. The summed E-state index contributed by atoms with van der Waals surface area (Å²) in [6.07, 6.45) is 1.25. The maximum absolute atomic E-state index is 12.7. The fraction of sp³-hybridized carbons (Fsp3) is 0.346. The Morgan fingerprint density at radius 2 is 1.58 bits per heavy atom. The van der Waals surface area contributed by atoms with Crippen LogP contribution in [0.2, 0.25) is 0 Å². The van der Waals surface area contributed by atoms with Crippen molar-refractivity contribution in [2.45, 2.75) is 19.8 Å². The number of rotatable bonds is 8. The molecule has 172 valence electrons. The molecule has 7 heteroatoms. The molecule has 1 fully saturated rings. The maximum Gasteiger partial charge on any atom is 0.223 e. The molecule has 2 aromatic carbocycles. The number of carbonyl (C=O) groups excluding carboxylic acids is 1. The van der Waals surface area contributed by atoms with Crippen molar-refractivity contribution in [1.82, 2.24) is 15.1 Å². The normalized spacial score (nSPS) is 13.6. The zero-order valence-corrected chi connectivity index (χ0v) is 19.2. The molecule has 0 saturated carbocycles. The Bertz CT molecular complexity index is 1030. The van der Waals surface area contributed by atoms with E-state index in [0.29, 0.717) is 26.1 Å². The molecular weight excluding hydrogens is 416 g/mol. The Balaban J connectivity index is 1.27. The van der Waals surface area contributed by atoms with Gasteiger partial charge in [-0.25, -0.2) is 0 Å². The van der Waals surface area contributed by atoms with E-state index in [1.807, 2.05) is 72.5 Å². The quantitative estimate of drug-likeness (QED) is 0.524. The van der Waals surface area contributed by atoms with E-state index in [2.05, 4.69) is 15.1 Å². The molecule has 3 aromatic rings. The van der Waals surface area contributed by atoms with Crippen LogP contribution in [0.25, 0.3) is 11.3 Å². The highest BCUT2D eigenvalue weighted by Gasteiger charge is 2.22. The van der Waals surface area contributed by atoms with Crippen molar-refractivity contribution in [2.24, 2.45) is 0 Å². The summed E-state index contributed by atoms with van der Waals surface area (Å²) in [6.45, 7) is 5.52. The second kappa shape index (κ2) is 10.8. The van der Waals surface area contributed by atoms with Gasteiger partial charge in [0.1, 0.15) is 11.5 Å². The fourth-order valence-electron chi connectivity index (χ4n) is 3.92. The number of hydrogen-bond acceptors (Lipinski definition) is 6. The number of hydrogen-bond donors (Lipinski definition) is 0. The predicted molar refractivity (Wildman–Crippen MR) is 129 cm³/mol. The second-order valence-corrected chi connectivity index (χ2v) is 7.95. The van der Waals surface area contributed by atoms with Crippen molar-refractivity contribution >= 4 is 11.7 Å². The largest absolute Gasteiger partial charge is 0.497 e. The van der Waals surface area contributed by atoms with Crippen molar-refractivity contribution in [3.05, 3.63) is 66.2 Å². The Labute approximate surface area is 195 Å². The number of piperazine rings is 1. The summed E-state index contributed by atoms with van der Waals surface area (Å²) in [7, 11) is 1.65. The summed E-state index contributed by atoms with van der Waals surface area (Å²) in [5.41, 5.74) is 2.98. The standard InChI is InChI=1S/C26H30N4O3/c1-3-33-23-11-7-21(8-12-23)24-13-14-25(28-27-24)29-16-18-30(19-17-29)26(31)15-6-20-4-9-22(32-2)10-5-20/h4-5,7-14H,3,6,15-19H2,1-2H3. The molecule has 1 aliphatic rings. The molecule has 1 saturated heterocycles. The monoisotopic (exact) mass is 446 g/mol. The lowest BCUT2D eigenvalue weighted by atomic mass is 10.1. The molecule has 0 bridgehead atoms. The lowest BCUT2D eigenvalue weighted by Crippen LogP contribution is -2.49. The van der Waals surface area contributed by atoms with E-state index >= 15 is 0 Å². The first-order chi connectivity index (χ1) is 16.2. The van der Waals surface area contributed by atoms with E-state index in [0.717, 1.165) is 53.6 Å². The molecule has 2 heterocycles. The molecular formula is C26H30N4O3. The van der Waals surface area contributed by atoms with Gasteiger partial charge in [0.05, 0.1) is 19.4 Å². The molecule has 7 nitrogen and oxygen atoms in total. The lowest BCUT2D eigenvalue weighted by Gasteiger charge is -2.35. The van der Waals surface area contributed by atoms with Crippen LogP contribution in [0.1, 0.15) is 18.9 Å². The van der Waals surface area contributed by atoms with Crippen LogP contribution in [0.5, 0.6) is 11.5 Å². The third kappa shape index (κ3) is 5.80. The van der Waals surface area contributed by atoms with Crippen LogP contribution in [0.4, 0.5) is 5.82 Å². The van der Waals surface area contributed by atoms with Gasteiger partial charge in [0.15, 0.2) is 5.82 Å².